The second-order valence-corrected chi connectivity index (χ2v) is 5.60. The summed E-state index contributed by atoms with van der Waals surface area (Å²) in [5.41, 5.74) is 5.95. The molecule has 7 heteroatoms. The van der Waals surface area contributed by atoms with Crippen molar-refractivity contribution in [1.29, 1.82) is 0 Å². The number of nitrogens with zero attached hydrogens (tertiary/aromatic N) is 3. The number of nitrogens with one attached hydrogen (secondary N) is 1. The molecule has 0 saturated heterocycles. The number of hydrogen-bond acceptors (Lipinski definition) is 6. The highest BCUT2D eigenvalue weighted by Crippen LogP contribution is 2.20. The van der Waals surface area contributed by atoms with Gasteiger partial charge in [-0.1, -0.05) is 35.6 Å². The van der Waals surface area contributed by atoms with Crippen molar-refractivity contribution in [2.45, 2.75) is 13.0 Å². The van der Waals surface area contributed by atoms with Crippen LogP contribution in [0.15, 0.2) is 36.5 Å². The van der Waals surface area contributed by atoms with Gasteiger partial charge >= 0.3 is 0 Å². The van der Waals surface area contributed by atoms with Crippen LogP contribution in [0.2, 0.25) is 0 Å². The predicted octanol–water partition coefficient (Wildman–Crippen LogP) is 2.16. The first-order valence-electron chi connectivity index (χ1n) is 6.38. The van der Waals surface area contributed by atoms with Crippen molar-refractivity contribution < 1.29 is 4.79 Å². The third-order valence-electron chi connectivity index (χ3n) is 3.06. The van der Waals surface area contributed by atoms with E-state index in [1.54, 1.807) is 6.20 Å². The first-order valence-corrected chi connectivity index (χ1v) is 7.20. The van der Waals surface area contributed by atoms with Crippen LogP contribution in [0.5, 0.6) is 0 Å². The zero-order valence-electron chi connectivity index (χ0n) is 11.3. The lowest BCUT2D eigenvalue weighted by Crippen LogP contribution is -2.27. The van der Waals surface area contributed by atoms with Gasteiger partial charge in [0.2, 0.25) is 5.13 Å². The number of nitrogen functional groups attached to an aromatic ring is 1. The minimum Gasteiger partial charge on any atom is -0.374 e. The topological polar surface area (TPSA) is 93.8 Å². The average molecular weight is 299 g/mol. The van der Waals surface area contributed by atoms with Crippen molar-refractivity contribution in [3.63, 3.8) is 0 Å². The van der Waals surface area contributed by atoms with Gasteiger partial charge in [0.25, 0.3) is 5.91 Å². The monoisotopic (exact) mass is 299 g/mol. The second-order valence-electron chi connectivity index (χ2n) is 4.55. The molecular weight excluding hydrogens is 286 g/mol. The van der Waals surface area contributed by atoms with Crippen LogP contribution in [0.25, 0.3) is 10.8 Å². The Kier molecular flexibility index (Phi) is 3.49. The Morgan fingerprint density at radius 3 is 2.86 bits per heavy atom. The molecule has 3 rings (SSSR count). The first kappa shape index (κ1) is 13.4. The Labute approximate surface area is 125 Å². The highest BCUT2D eigenvalue weighted by Gasteiger charge is 2.17. The molecule has 0 radical (unpaired) electrons. The molecular formula is C14H13N5OS. The number of nitrogens with two attached hydrogens (primary N) is 1. The summed E-state index contributed by atoms with van der Waals surface area (Å²) in [7, 11) is 0. The van der Waals surface area contributed by atoms with E-state index in [9.17, 15) is 4.79 Å². The largest absolute Gasteiger partial charge is 0.374 e. The number of fused-ring (bicyclic) bond motifs is 1. The van der Waals surface area contributed by atoms with Gasteiger partial charge in [-0.2, -0.15) is 0 Å². The number of hydrogen-bond donors (Lipinski definition) is 2. The maximum Gasteiger partial charge on any atom is 0.271 e. The van der Waals surface area contributed by atoms with Crippen molar-refractivity contribution >= 4 is 33.1 Å². The maximum atomic E-state index is 12.4. The van der Waals surface area contributed by atoms with E-state index < -0.39 is 0 Å². The Bertz CT molecular complexity index is 795. The molecule has 1 atom stereocenters. The molecule has 2 aromatic heterocycles. The van der Waals surface area contributed by atoms with E-state index in [4.69, 9.17) is 5.73 Å². The highest BCUT2D eigenvalue weighted by molar-refractivity contribution is 7.15. The molecule has 0 spiro atoms. The van der Waals surface area contributed by atoms with Gasteiger partial charge in [-0.05, 0) is 18.4 Å². The summed E-state index contributed by atoms with van der Waals surface area (Å²) in [4.78, 5) is 16.6. The van der Waals surface area contributed by atoms with Crippen LogP contribution in [-0.4, -0.2) is 21.1 Å². The number of pyridine rings is 1. The number of rotatable bonds is 3. The normalized spacial score (nSPS) is 12.2. The summed E-state index contributed by atoms with van der Waals surface area (Å²) in [6.45, 7) is 1.84. The van der Waals surface area contributed by atoms with Gasteiger partial charge in [0.1, 0.15) is 10.7 Å². The second kappa shape index (κ2) is 5.45. The van der Waals surface area contributed by atoms with E-state index in [0.717, 1.165) is 10.8 Å². The molecule has 0 bridgehead atoms. The zero-order valence-corrected chi connectivity index (χ0v) is 12.1. The average Bonchev–Trinajstić information content (AvgIpc) is 2.93. The summed E-state index contributed by atoms with van der Waals surface area (Å²) in [5.74, 6) is -0.243. The van der Waals surface area contributed by atoms with Gasteiger partial charge in [0.05, 0.1) is 6.04 Å². The van der Waals surface area contributed by atoms with Crippen molar-refractivity contribution in [2.24, 2.45) is 0 Å². The molecule has 106 valence electrons. The molecule has 0 aliphatic carbocycles. The number of anilines is 1. The van der Waals surface area contributed by atoms with E-state index >= 15 is 0 Å². The molecule has 1 amide bonds. The fourth-order valence-electron chi connectivity index (χ4n) is 2.05. The minimum absolute atomic E-state index is 0.243. The minimum atomic E-state index is -0.270. The van der Waals surface area contributed by atoms with Crippen LogP contribution in [0.1, 0.15) is 28.5 Å². The molecule has 0 aliphatic heterocycles. The molecule has 2 heterocycles. The third kappa shape index (κ3) is 2.68. The Balaban J connectivity index is 1.87. The van der Waals surface area contributed by atoms with Gasteiger partial charge in [-0.15, -0.1) is 10.2 Å². The lowest BCUT2D eigenvalue weighted by Gasteiger charge is -2.11. The summed E-state index contributed by atoms with van der Waals surface area (Å²) < 4.78 is 0. The number of amides is 1. The van der Waals surface area contributed by atoms with Gasteiger partial charge in [0.15, 0.2) is 0 Å². The molecule has 6 nitrogen and oxygen atoms in total. The van der Waals surface area contributed by atoms with Crippen LogP contribution < -0.4 is 11.1 Å². The van der Waals surface area contributed by atoms with Gasteiger partial charge in [-0.25, -0.2) is 0 Å². The number of carbonyl (C=O) groups excluding carboxylic acids is 1. The lowest BCUT2D eigenvalue weighted by molar-refractivity contribution is 0.0936. The van der Waals surface area contributed by atoms with Crippen molar-refractivity contribution in [2.75, 3.05) is 5.73 Å². The summed E-state index contributed by atoms with van der Waals surface area (Å²) >= 11 is 1.26. The lowest BCUT2D eigenvalue weighted by atomic mass is 10.1. The van der Waals surface area contributed by atoms with Gasteiger partial charge in [0, 0.05) is 11.6 Å². The van der Waals surface area contributed by atoms with Crippen molar-refractivity contribution in [3.8, 4) is 0 Å². The number of benzene rings is 1. The standard InChI is InChI=1S/C14H13N5OS/c1-8(13-18-19-14(15)21-13)17-12(20)11-10-5-3-2-4-9(10)6-7-16-11/h2-8H,1H3,(H2,15,19)(H,17,20)/t8-/m0/s1. The van der Waals surface area contributed by atoms with Crippen LogP contribution in [0, 0.1) is 0 Å². The van der Waals surface area contributed by atoms with Crippen LogP contribution >= 0.6 is 11.3 Å². The van der Waals surface area contributed by atoms with Crippen LogP contribution in [0.4, 0.5) is 5.13 Å². The third-order valence-corrected chi connectivity index (χ3v) is 4.00. The molecule has 21 heavy (non-hydrogen) atoms. The molecule has 3 aromatic rings. The predicted molar refractivity (Wildman–Crippen MR) is 81.9 cm³/mol. The van der Waals surface area contributed by atoms with E-state index in [-0.39, 0.29) is 11.9 Å². The van der Waals surface area contributed by atoms with Gasteiger partial charge in [-0.3, -0.25) is 9.78 Å². The van der Waals surface area contributed by atoms with E-state index in [2.05, 4.69) is 20.5 Å². The summed E-state index contributed by atoms with van der Waals surface area (Å²) in [6.07, 6.45) is 1.63. The summed E-state index contributed by atoms with van der Waals surface area (Å²) in [6, 6.07) is 9.24. The van der Waals surface area contributed by atoms with E-state index in [1.165, 1.54) is 11.3 Å². The molecule has 1 aromatic carbocycles. The number of aromatic nitrogens is 3. The maximum absolute atomic E-state index is 12.4. The van der Waals surface area contributed by atoms with Crippen molar-refractivity contribution in [1.82, 2.24) is 20.5 Å². The zero-order chi connectivity index (χ0) is 14.8. The molecule has 0 saturated carbocycles. The summed E-state index contributed by atoms with van der Waals surface area (Å²) in [5, 5.41) is 13.4. The van der Waals surface area contributed by atoms with E-state index in [1.807, 2.05) is 37.3 Å². The fourth-order valence-corrected chi connectivity index (χ4v) is 2.66. The van der Waals surface area contributed by atoms with Crippen LogP contribution in [-0.2, 0) is 0 Å². The number of carbonyl (C=O) groups is 1. The highest BCUT2D eigenvalue weighted by atomic mass is 32.1. The van der Waals surface area contributed by atoms with E-state index in [0.29, 0.717) is 15.8 Å². The molecule has 0 aliphatic rings. The Morgan fingerprint density at radius 2 is 2.10 bits per heavy atom. The SMILES string of the molecule is C[C@H](NC(=O)c1nccc2ccccc12)c1nnc(N)s1. The Morgan fingerprint density at radius 1 is 1.29 bits per heavy atom. The first-order chi connectivity index (χ1) is 10.1. The molecule has 3 N–H and O–H groups in total. The van der Waals surface area contributed by atoms with Crippen molar-refractivity contribution in [3.05, 3.63) is 47.2 Å². The quantitative estimate of drug-likeness (QED) is 0.773. The molecule has 0 fully saturated rings. The fraction of sp³-hybridized carbons (Fsp3) is 0.143. The molecule has 0 unspecified atom stereocenters. The Hall–Kier alpha value is -2.54. The van der Waals surface area contributed by atoms with Crippen LogP contribution in [0.3, 0.4) is 0 Å². The van der Waals surface area contributed by atoms with Gasteiger partial charge < -0.3 is 11.1 Å². The smallest absolute Gasteiger partial charge is 0.271 e.